The summed E-state index contributed by atoms with van der Waals surface area (Å²) in [5, 5.41) is 7.33. The normalized spacial score (nSPS) is 15.1. The molecular weight excluding hydrogens is 224 g/mol. The van der Waals surface area contributed by atoms with Gasteiger partial charge >= 0.3 is 0 Å². The Kier molecular flexibility index (Phi) is 1.97. The molecule has 0 unspecified atom stereocenters. The first-order chi connectivity index (χ1) is 8.93. The fourth-order valence-corrected chi connectivity index (χ4v) is 2.40. The third-order valence-electron chi connectivity index (χ3n) is 3.44. The molecule has 1 aliphatic carbocycles. The number of nitrogens with zero attached hydrogens (tertiary/aromatic N) is 3. The lowest BCUT2D eigenvalue weighted by molar-refractivity contribution is 0.966. The van der Waals surface area contributed by atoms with E-state index in [1.165, 1.54) is 24.1 Å². The number of hydrogen-bond donors (Lipinski definition) is 1. The van der Waals surface area contributed by atoms with Crippen LogP contribution in [0.1, 0.15) is 24.5 Å². The molecule has 0 saturated heterocycles. The minimum atomic E-state index is 0.648. The highest BCUT2D eigenvalue weighted by molar-refractivity contribution is 5.91. The summed E-state index contributed by atoms with van der Waals surface area (Å²) in [4.78, 5) is 8.80. The molecule has 0 amide bonds. The summed E-state index contributed by atoms with van der Waals surface area (Å²) in [5.41, 5.74) is 5.41. The lowest BCUT2D eigenvalue weighted by atomic mass is 10.0. The average molecular weight is 236 g/mol. The van der Waals surface area contributed by atoms with Crippen LogP contribution in [-0.4, -0.2) is 20.2 Å². The topological polar surface area (TPSA) is 54.5 Å². The predicted molar refractivity (Wildman–Crippen MR) is 69.1 cm³/mol. The molecule has 4 heteroatoms. The first kappa shape index (κ1) is 9.76. The molecule has 0 spiro atoms. The Balaban J connectivity index is 1.98. The highest BCUT2D eigenvalue weighted by Gasteiger charge is 2.28. The van der Waals surface area contributed by atoms with Gasteiger partial charge in [-0.2, -0.15) is 5.10 Å². The standard InChI is InChI=1S/C14H12N4/c1-2-10(14-12(3-1)15-6-7-16-14)11-8-17-18-13(11)9-4-5-9/h1-3,6-9H,4-5H2,(H,17,18). The average Bonchev–Trinajstić information content (AvgIpc) is 3.16. The van der Waals surface area contributed by atoms with E-state index in [0.29, 0.717) is 5.92 Å². The minimum Gasteiger partial charge on any atom is -0.282 e. The number of hydrogen-bond acceptors (Lipinski definition) is 3. The zero-order chi connectivity index (χ0) is 11.9. The van der Waals surface area contributed by atoms with Crippen LogP contribution in [0.25, 0.3) is 22.2 Å². The predicted octanol–water partition coefficient (Wildman–Crippen LogP) is 2.90. The highest BCUT2D eigenvalue weighted by atomic mass is 15.1. The van der Waals surface area contributed by atoms with Gasteiger partial charge in [0.2, 0.25) is 0 Å². The number of H-pyrrole nitrogens is 1. The molecule has 0 bridgehead atoms. The van der Waals surface area contributed by atoms with Gasteiger partial charge in [0.15, 0.2) is 0 Å². The lowest BCUT2D eigenvalue weighted by Gasteiger charge is -2.05. The Labute approximate surface area is 104 Å². The summed E-state index contributed by atoms with van der Waals surface area (Å²) in [6.45, 7) is 0. The van der Waals surface area contributed by atoms with Crippen molar-refractivity contribution in [1.82, 2.24) is 20.2 Å². The fraction of sp³-hybridized carbons (Fsp3) is 0.214. The Hall–Kier alpha value is -2.23. The molecule has 18 heavy (non-hydrogen) atoms. The number of benzene rings is 1. The second-order valence-corrected chi connectivity index (χ2v) is 4.70. The molecule has 0 radical (unpaired) electrons. The molecule has 1 saturated carbocycles. The monoisotopic (exact) mass is 236 g/mol. The number of nitrogens with one attached hydrogen (secondary N) is 1. The number of aromatic nitrogens is 4. The minimum absolute atomic E-state index is 0.648. The van der Waals surface area contributed by atoms with Gasteiger partial charge in [-0.3, -0.25) is 15.1 Å². The van der Waals surface area contributed by atoms with Gasteiger partial charge in [0.25, 0.3) is 0 Å². The van der Waals surface area contributed by atoms with Crippen molar-refractivity contribution in [1.29, 1.82) is 0 Å². The van der Waals surface area contributed by atoms with E-state index >= 15 is 0 Å². The molecular formula is C14H12N4. The van der Waals surface area contributed by atoms with Crippen LogP contribution in [0.3, 0.4) is 0 Å². The zero-order valence-corrected chi connectivity index (χ0v) is 9.80. The Morgan fingerprint density at radius 3 is 2.83 bits per heavy atom. The van der Waals surface area contributed by atoms with Crippen LogP contribution in [-0.2, 0) is 0 Å². The summed E-state index contributed by atoms with van der Waals surface area (Å²) in [5.74, 6) is 0.648. The summed E-state index contributed by atoms with van der Waals surface area (Å²) in [6, 6.07) is 6.10. The van der Waals surface area contributed by atoms with Crippen molar-refractivity contribution in [2.24, 2.45) is 0 Å². The summed E-state index contributed by atoms with van der Waals surface area (Å²) in [6.07, 6.45) is 7.88. The molecule has 3 aromatic rings. The molecule has 1 aliphatic rings. The van der Waals surface area contributed by atoms with Crippen LogP contribution in [0.4, 0.5) is 0 Å². The van der Waals surface area contributed by atoms with Crippen LogP contribution in [0.15, 0.2) is 36.8 Å². The molecule has 4 nitrogen and oxygen atoms in total. The molecule has 1 aromatic carbocycles. The van der Waals surface area contributed by atoms with Crippen LogP contribution in [0.5, 0.6) is 0 Å². The third-order valence-corrected chi connectivity index (χ3v) is 3.44. The zero-order valence-electron chi connectivity index (χ0n) is 9.80. The van der Waals surface area contributed by atoms with Crippen LogP contribution >= 0.6 is 0 Å². The molecule has 88 valence electrons. The quantitative estimate of drug-likeness (QED) is 0.744. The van der Waals surface area contributed by atoms with Gasteiger partial charge in [-0.25, -0.2) is 0 Å². The van der Waals surface area contributed by atoms with Gasteiger partial charge in [-0.1, -0.05) is 12.1 Å². The van der Waals surface area contributed by atoms with Crippen molar-refractivity contribution in [3.05, 3.63) is 42.5 Å². The van der Waals surface area contributed by atoms with E-state index in [2.05, 4.69) is 26.2 Å². The highest BCUT2D eigenvalue weighted by Crippen LogP contribution is 2.43. The van der Waals surface area contributed by atoms with Crippen molar-refractivity contribution in [3.63, 3.8) is 0 Å². The summed E-state index contributed by atoms with van der Waals surface area (Å²) >= 11 is 0. The van der Waals surface area contributed by atoms with Crippen molar-refractivity contribution in [2.45, 2.75) is 18.8 Å². The van der Waals surface area contributed by atoms with Gasteiger partial charge in [0.1, 0.15) is 0 Å². The molecule has 0 aliphatic heterocycles. The number of para-hydroxylation sites is 1. The van der Waals surface area contributed by atoms with E-state index in [4.69, 9.17) is 0 Å². The van der Waals surface area contributed by atoms with E-state index < -0.39 is 0 Å². The third kappa shape index (κ3) is 1.42. The van der Waals surface area contributed by atoms with E-state index in [-0.39, 0.29) is 0 Å². The Morgan fingerprint density at radius 1 is 1.06 bits per heavy atom. The van der Waals surface area contributed by atoms with Crippen molar-refractivity contribution < 1.29 is 0 Å². The molecule has 1 fully saturated rings. The Bertz CT molecular complexity index is 707. The number of rotatable bonds is 2. The van der Waals surface area contributed by atoms with Gasteiger partial charge in [0, 0.05) is 35.1 Å². The SMILES string of the molecule is c1cc(-c2cn[nH]c2C2CC2)c2nccnc2c1. The van der Waals surface area contributed by atoms with E-state index in [9.17, 15) is 0 Å². The van der Waals surface area contributed by atoms with E-state index in [1.807, 2.05) is 18.3 Å². The van der Waals surface area contributed by atoms with Gasteiger partial charge in [0.05, 0.1) is 17.2 Å². The summed E-state index contributed by atoms with van der Waals surface area (Å²) in [7, 11) is 0. The smallest absolute Gasteiger partial charge is 0.0966 e. The van der Waals surface area contributed by atoms with Crippen LogP contribution < -0.4 is 0 Å². The summed E-state index contributed by atoms with van der Waals surface area (Å²) < 4.78 is 0. The van der Waals surface area contributed by atoms with Crippen molar-refractivity contribution >= 4 is 11.0 Å². The number of fused-ring (bicyclic) bond motifs is 1. The second kappa shape index (κ2) is 3.63. The van der Waals surface area contributed by atoms with Crippen molar-refractivity contribution in [3.8, 4) is 11.1 Å². The van der Waals surface area contributed by atoms with Gasteiger partial charge < -0.3 is 0 Å². The maximum absolute atomic E-state index is 4.45. The molecule has 2 heterocycles. The van der Waals surface area contributed by atoms with E-state index in [0.717, 1.165) is 16.6 Å². The molecule has 4 rings (SSSR count). The lowest BCUT2D eigenvalue weighted by Crippen LogP contribution is -1.89. The van der Waals surface area contributed by atoms with E-state index in [1.54, 1.807) is 12.4 Å². The largest absolute Gasteiger partial charge is 0.282 e. The number of aromatic amines is 1. The molecule has 2 aromatic heterocycles. The van der Waals surface area contributed by atoms with Crippen molar-refractivity contribution in [2.75, 3.05) is 0 Å². The Morgan fingerprint density at radius 2 is 1.94 bits per heavy atom. The molecule has 1 N–H and O–H groups in total. The first-order valence-corrected chi connectivity index (χ1v) is 6.17. The second-order valence-electron chi connectivity index (χ2n) is 4.70. The first-order valence-electron chi connectivity index (χ1n) is 6.17. The van der Waals surface area contributed by atoms with Crippen LogP contribution in [0.2, 0.25) is 0 Å². The van der Waals surface area contributed by atoms with Gasteiger partial charge in [-0.05, 0) is 18.9 Å². The maximum Gasteiger partial charge on any atom is 0.0966 e. The van der Waals surface area contributed by atoms with Crippen LogP contribution in [0, 0.1) is 0 Å². The maximum atomic E-state index is 4.45. The molecule has 0 atom stereocenters. The van der Waals surface area contributed by atoms with Gasteiger partial charge in [-0.15, -0.1) is 0 Å². The fourth-order valence-electron chi connectivity index (χ4n) is 2.40.